The van der Waals surface area contributed by atoms with Crippen LogP contribution in [0.2, 0.25) is 0 Å². The van der Waals surface area contributed by atoms with Crippen molar-refractivity contribution in [3.63, 3.8) is 0 Å². The molecule has 0 aliphatic heterocycles. The molecular weight excluding hydrogens is 423 g/mol. The number of β-amino-alcohol motifs (C(OH)–C–C–N with tert-alkyl or cyclic N) is 1. The molecule has 0 saturated carbocycles. The van der Waals surface area contributed by atoms with Crippen LogP contribution in [0.5, 0.6) is 17.2 Å². The lowest BCUT2D eigenvalue weighted by Gasteiger charge is -2.28. The fourth-order valence-corrected chi connectivity index (χ4v) is 2.80. The van der Waals surface area contributed by atoms with Crippen LogP contribution in [-0.4, -0.2) is 44.1 Å². The Morgan fingerprint density at radius 2 is 1.67 bits per heavy atom. The van der Waals surface area contributed by atoms with Crippen LogP contribution in [0.3, 0.4) is 0 Å². The zero-order valence-electron chi connectivity index (χ0n) is 17.3. The molecule has 2 aromatic rings. The first kappa shape index (κ1) is 25.9. The Kier molecular flexibility index (Phi) is 9.74. The highest BCUT2D eigenvalue weighted by Gasteiger charge is 2.23. The molecule has 2 N–H and O–H groups in total. The van der Waals surface area contributed by atoms with Crippen molar-refractivity contribution in [2.45, 2.75) is 31.9 Å². The van der Waals surface area contributed by atoms with Gasteiger partial charge in [0.15, 0.2) is 17.3 Å². The average Bonchev–Trinajstić information content (AvgIpc) is 2.69. The van der Waals surface area contributed by atoms with Gasteiger partial charge in [0.05, 0.1) is 14.2 Å². The Bertz CT molecular complexity index is 819. The molecule has 2 rings (SSSR count). The largest absolute Gasteiger partial charge is 0.497 e. The summed E-state index contributed by atoms with van der Waals surface area (Å²) in [6.07, 6.45) is -0.303. The Labute approximate surface area is 180 Å². The van der Waals surface area contributed by atoms with E-state index in [1.54, 1.807) is 7.11 Å². The van der Waals surface area contributed by atoms with Gasteiger partial charge in [0.2, 0.25) is 11.6 Å². The molecule has 0 amide bonds. The van der Waals surface area contributed by atoms with Gasteiger partial charge in [-0.25, -0.2) is 4.39 Å². The molecule has 2 aromatic carbocycles. The molecule has 0 heterocycles. The van der Waals surface area contributed by atoms with Crippen LogP contribution >= 0.6 is 12.4 Å². The van der Waals surface area contributed by atoms with Crippen LogP contribution in [0.1, 0.15) is 19.4 Å². The minimum atomic E-state index is -1.43. The molecular formula is C21H27ClF3NO4. The Morgan fingerprint density at radius 3 is 2.23 bits per heavy atom. The Morgan fingerprint density at radius 1 is 1.03 bits per heavy atom. The first-order chi connectivity index (χ1) is 13.7. The third kappa shape index (κ3) is 6.97. The summed E-state index contributed by atoms with van der Waals surface area (Å²) in [5.41, 5.74) is 0.747. The van der Waals surface area contributed by atoms with Crippen LogP contribution in [-0.2, 0) is 6.42 Å². The van der Waals surface area contributed by atoms with Gasteiger partial charge in [-0.15, -0.1) is 12.4 Å². The topological polar surface area (TPSA) is 60.0 Å². The van der Waals surface area contributed by atoms with Crippen LogP contribution in [0.4, 0.5) is 13.2 Å². The third-order valence-corrected chi connectivity index (χ3v) is 4.34. The van der Waals surface area contributed by atoms with Gasteiger partial charge in [0.1, 0.15) is 18.5 Å². The SMILES string of the molecule is COc1ccc(CC(C)(C)NCC(O)COc2cc(F)c(F)c(OC)c2F)cc1.Cl. The zero-order chi connectivity index (χ0) is 21.6. The molecule has 0 saturated heterocycles. The van der Waals surface area contributed by atoms with E-state index < -0.39 is 35.1 Å². The van der Waals surface area contributed by atoms with Gasteiger partial charge in [-0.2, -0.15) is 8.78 Å². The normalized spacial score (nSPS) is 12.1. The number of halogens is 4. The van der Waals surface area contributed by atoms with Gasteiger partial charge in [-0.1, -0.05) is 12.1 Å². The van der Waals surface area contributed by atoms with Crippen molar-refractivity contribution in [1.82, 2.24) is 5.32 Å². The fraction of sp³-hybridized carbons (Fsp3) is 0.429. The Hall–Kier alpha value is -2.16. The minimum Gasteiger partial charge on any atom is -0.497 e. The van der Waals surface area contributed by atoms with Crippen molar-refractivity contribution in [1.29, 1.82) is 0 Å². The molecule has 30 heavy (non-hydrogen) atoms. The van der Waals surface area contributed by atoms with Crippen LogP contribution in [0, 0.1) is 17.5 Å². The van der Waals surface area contributed by atoms with Gasteiger partial charge in [-0.3, -0.25) is 0 Å². The summed E-state index contributed by atoms with van der Waals surface area (Å²) >= 11 is 0. The summed E-state index contributed by atoms with van der Waals surface area (Å²) in [5, 5.41) is 13.3. The number of rotatable bonds is 10. The van der Waals surface area contributed by atoms with E-state index in [4.69, 9.17) is 9.47 Å². The van der Waals surface area contributed by atoms with Gasteiger partial charge in [0, 0.05) is 18.2 Å². The summed E-state index contributed by atoms with van der Waals surface area (Å²) in [6, 6.07) is 8.25. The lowest BCUT2D eigenvalue weighted by Crippen LogP contribution is -2.46. The van der Waals surface area contributed by atoms with E-state index in [-0.39, 0.29) is 31.1 Å². The number of methoxy groups -OCH3 is 2. The second-order valence-electron chi connectivity index (χ2n) is 7.27. The highest BCUT2D eigenvalue weighted by molar-refractivity contribution is 5.85. The number of hydrogen-bond donors (Lipinski definition) is 2. The highest BCUT2D eigenvalue weighted by Crippen LogP contribution is 2.31. The number of aliphatic hydroxyl groups excluding tert-OH is 1. The first-order valence-corrected chi connectivity index (χ1v) is 9.07. The number of benzene rings is 2. The molecule has 5 nitrogen and oxygen atoms in total. The number of aliphatic hydroxyl groups is 1. The second-order valence-corrected chi connectivity index (χ2v) is 7.27. The molecule has 0 spiro atoms. The Balaban J connectivity index is 0.00000450. The quantitative estimate of drug-likeness (QED) is 0.539. The van der Waals surface area contributed by atoms with E-state index in [1.807, 2.05) is 38.1 Å². The summed E-state index contributed by atoms with van der Waals surface area (Å²) in [4.78, 5) is 0. The fourth-order valence-electron chi connectivity index (χ4n) is 2.80. The van der Waals surface area contributed by atoms with E-state index >= 15 is 0 Å². The summed E-state index contributed by atoms with van der Waals surface area (Å²) in [5.74, 6) is -4.52. The number of nitrogens with one attached hydrogen (secondary N) is 1. The third-order valence-electron chi connectivity index (χ3n) is 4.34. The van der Waals surface area contributed by atoms with E-state index in [0.717, 1.165) is 18.4 Å². The van der Waals surface area contributed by atoms with Crippen molar-refractivity contribution in [2.24, 2.45) is 0 Å². The van der Waals surface area contributed by atoms with E-state index in [9.17, 15) is 18.3 Å². The van der Waals surface area contributed by atoms with Gasteiger partial charge in [0.25, 0.3) is 0 Å². The lowest BCUT2D eigenvalue weighted by atomic mass is 9.94. The van der Waals surface area contributed by atoms with Crippen molar-refractivity contribution >= 4 is 12.4 Å². The first-order valence-electron chi connectivity index (χ1n) is 9.07. The highest BCUT2D eigenvalue weighted by atomic mass is 35.5. The van der Waals surface area contributed by atoms with Gasteiger partial charge >= 0.3 is 0 Å². The molecule has 0 fully saturated rings. The predicted molar refractivity (Wildman–Crippen MR) is 110 cm³/mol. The zero-order valence-corrected chi connectivity index (χ0v) is 18.1. The molecule has 0 bridgehead atoms. The molecule has 1 atom stereocenters. The van der Waals surface area contributed by atoms with E-state index in [0.29, 0.717) is 12.5 Å². The molecule has 9 heteroatoms. The predicted octanol–water partition coefficient (Wildman–Crippen LogP) is 3.89. The smallest absolute Gasteiger partial charge is 0.210 e. The molecule has 0 aliphatic carbocycles. The second kappa shape index (κ2) is 11.3. The maximum atomic E-state index is 14.1. The van der Waals surface area contributed by atoms with Gasteiger partial charge < -0.3 is 24.6 Å². The number of ether oxygens (including phenoxy) is 3. The average molecular weight is 450 g/mol. The lowest BCUT2D eigenvalue weighted by molar-refractivity contribution is 0.0960. The number of hydrogen-bond acceptors (Lipinski definition) is 5. The van der Waals surface area contributed by atoms with Crippen LogP contribution < -0.4 is 19.5 Å². The minimum absolute atomic E-state index is 0. The van der Waals surface area contributed by atoms with Crippen molar-refractivity contribution in [3.05, 3.63) is 53.3 Å². The van der Waals surface area contributed by atoms with Crippen molar-refractivity contribution in [3.8, 4) is 17.2 Å². The molecule has 1 unspecified atom stereocenters. The standard InChI is InChI=1S/C21H26F3NO4.ClH/c1-21(2,10-13-5-7-15(27-3)8-6-13)25-11-14(26)12-29-17-9-16(22)18(23)20(28-4)19(17)24;/h5-9,14,25-26H,10-12H2,1-4H3;1H. The molecule has 0 aliphatic rings. The summed E-state index contributed by atoms with van der Waals surface area (Å²) < 4.78 is 55.8. The van der Waals surface area contributed by atoms with Crippen molar-refractivity contribution in [2.75, 3.05) is 27.4 Å². The maximum absolute atomic E-state index is 14.1. The summed E-state index contributed by atoms with van der Waals surface area (Å²) in [6.45, 7) is 3.80. The monoisotopic (exact) mass is 449 g/mol. The van der Waals surface area contributed by atoms with E-state index in [2.05, 4.69) is 10.1 Å². The molecule has 0 aromatic heterocycles. The summed E-state index contributed by atoms with van der Waals surface area (Å²) in [7, 11) is 2.63. The maximum Gasteiger partial charge on any atom is 0.210 e. The van der Waals surface area contributed by atoms with Crippen LogP contribution in [0.25, 0.3) is 0 Å². The molecule has 168 valence electrons. The van der Waals surface area contributed by atoms with Crippen molar-refractivity contribution < 1.29 is 32.5 Å². The van der Waals surface area contributed by atoms with Gasteiger partial charge in [-0.05, 0) is 38.0 Å². The molecule has 0 radical (unpaired) electrons. The van der Waals surface area contributed by atoms with Crippen LogP contribution in [0.15, 0.2) is 30.3 Å². The van der Waals surface area contributed by atoms with E-state index in [1.165, 1.54) is 0 Å².